The number of rotatable bonds is 6. The van der Waals surface area contributed by atoms with Crippen LogP contribution in [0.15, 0.2) is 47.2 Å². The highest BCUT2D eigenvalue weighted by atomic mass is 79.9. The molecule has 0 unspecified atom stereocenters. The first-order valence-electron chi connectivity index (χ1n) is 6.30. The van der Waals surface area contributed by atoms with Crippen molar-refractivity contribution in [2.75, 3.05) is 6.54 Å². The lowest BCUT2D eigenvalue weighted by atomic mass is 10.2. The lowest BCUT2D eigenvalue weighted by Gasteiger charge is -2.11. The molecule has 2 aromatic rings. The topological polar surface area (TPSA) is 34.1 Å². The molecule has 1 heterocycles. The zero-order chi connectivity index (χ0) is 13.5. The molecule has 0 amide bonds. The van der Waals surface area contributed by atoms with E-state index in [9.17, 15) is 0 Å². The summed E-state index contributed by atoms with van der Waals surface area (Å²) in [6, 6.07) is 10.1. The first-order valence-corrected chi connectivity index (χ1v) is 7.09. The molecular formula is C15H17BrN2O. The monoisotopic (exact) mass is 320 g/mol. The fraction of sp³-hybridized carbons (Fsp3) is 0.267. The average Bonchev–Trinajstić information content (AvgIpc) is 2.44. The van der Waals surface area contributed by atoms with Gasteiger partial charge in [-0.3, -0.25) is 4.98 Å². The van der Waals surface area contributed by atoms with Crippen LogP contribution < -0.4 is 10.1 Å². The molecule has 100 valence electrons. The normalized spacial score (nSPS) is 10.4. The van der Waals surface area contributed by atoms with Gasteiger partial charge in [-0.2, -0.15) is 0 Å². The van der Waals surface area contributed by atoms with Gasteiger partial charge in [-0.25, -0.2) is 0 Å². The quantitative estimate of drug-likeness (QED) is 0.884. The van der Waals surface area contributed by atoms with Gasteiger partial charge in [0.1, 0.15) is 12.4 Å². The van der Waals surface area contributed by atoms with Crippen molar-refractivity contribution in [1.29, 1.82) is 0 Å². The molecular weight excluding hydrogens is 304 g/mol. The second-order valence-electron chi connectivity index (χ2n) is 4.19. The number of hydrogen-bond donors (Lipinski definition) is 1. The Bertz CT molecular complexity index is 531. The average molecular weight is 321 g/mol. The maximum absolute atomic E-state index is 5.87. The van der Waals surface area contributed by atoms with Crippen molar-refractivity contribution >= 4 is 15.9 Å². The Balaban J connectivity index is 2.02. The summed E-state index contributed by atoms with van der Waals surface area (Å²) in [6.45, 7) is 4.39. The van der Waals surface area contributed by atoms with Crippen molar-refractivity contribution in [3.05, 3.63) is 58.3 Å². The van der Waals surface area contributed by atoms with Crippen molar-refractivity contribution in [3.63, 3.8) is 0 Å². The standard InChI is InChI=1S/C15H17BrN2O/c1-2-17-9-13-5-3-4-6-15(13)19-11-12-7-14(16)10-18-8-12/h3-8,10,17H,2,9,11H2,1H3. The second-order valence-corrected chi connectivity index (χ2v) is 5.10. The molecule has 0 spiro atoms. The number of para-hydroxylation sites is 1. The lowest BCUT2D eigenvalue weighted by Crippen LogP contribution is -2.12. The minimum Gasteiger partial charge on any atom is -0.489 e. The molecule has 4 heteroatoms. The zero-order valence-corrected chi connectivity index (χ0v) is 12.5. The highest BCUT2D eigenvalue weighted by molar-refractivity contribution is 9.10. The van der Waals surface area contributed by atoms with Crippen molar-refractivity contribution in [2.24, 2.45) is 0 Å². The molecule has 0 bridgehead atoms. The third-order valence-corrected chi connectivity index (χ3v) is 3.13. The molecule has 0 atom stereocenters. The van der Waals surface area contributed by atoms with Gasteiger partial charge in [0.05, 0.1) is 0 Å². The van der Waals surface area contributed by atoms with Crippen LogP contribution in [0.4, 0.5) is 0 Å². The zero-order valence-electron chi connectivity index (χ0n) is 10.9. The van der Waals surface area contributed by atoms with Gasteiger partial charge >= 0.3 is 0 Å². The van der Waals surface area contributed by atoms with E-state index in [1.165, 1.54) is 5.56 Å². The lowest BCUT2D eigenvalue weighted by molar-refractivity contribution is 0.301. The summed E-state index contributed by atoms with van der Waals surface area (Å²) in [5, 5.41) is 3.31. The van der Waals surface area contributed by atoms with E-state index in [0.29, 0.717) is 6.61 Å². The first-order chi connectivity index (χ1) is 9.29. The smallest absolute Gasteiger partial charge is 0.124 e. The largest absolute Gasteiger partial charge is 0.489 e. The number of benzene rings is 1. The molecule has 0 fully saturated rings. The van der Waals surface area contributed by atoms with E-state index < -0.39 is 0 Å². The Labute approximate surface area is 122 Å². The number of aromatic nitrogens is 1. The van der Waals surface area contributed by atoms with Gasteiger partial charge in [-0.1, -0.05) is 25.1 Å². The maximum Gasteiger partial charge on any atom is 0.124 e. The molecule has 0 radical (unpaired) electrons. The fourth-order valence-corrected chi connectivity index (χ4v) is 2.16. The predicted octanol–water partition coefficient (Wildman–Crippen LogP) is 3.53. The van der Waals surface area contributed by atoms with Gasteiger partial charge in [0.15, 0.2) is 0 Å². The number of pyridine rings is 1. The summed E-state index contributed by atoms with van der Waals surface area (Å²) in [4.78, 5) is 4.13. The fourth-order valence-electron chi connectivity index (χ4n) is 1.75. The van der Waals surface area contributed by atoms with Crippen molar-refractivity contribution < 1.29 is 4.74 Å². The van der Waals surface area contributed by atoms with Crippen molar-refractivity contribution in [2.45, 2.75) is 20.1 Å². The van der Waals surface area contributed by atoms with Gasteiger partial charge < -0.3 is 10.1 Å². The highest BCUT2D eigenvalue weighted by Crippen LogP contribution is 2.19. The molecule has 3 nitrogen and oxygen atoms in total. The molecule has 1 N–H and O–H groups in total. The van der Waals surface area contributed by atoms with Crippen LogP contribution in [-0.2, 0) is 13.2 Å². The summed E-state index contributed by atoms with van der Waals surface area (Å²) >= 11 is 3.41. The van der Waals surface area contributed by atoms with Crippen LogP contribution in [0.2, 0.25) is 0 Å². The molecule has 0 aliphatic carbocycles. The third kappa shape index (κ3) is 4.33. The Morgan fingerprint density at radius 2 is 2.11 bits per heavy atom. The summed E-state index contributed by atoms with van der Waals surface area (Å²) in [6.07, 6.45) is 3.58. The van der Waals surface area contributed by atoms with Crippen LogP contribution in [0.5, 0.6) is 5.75 Å². The molecule has 1 aromatic heterocycles. The summed E-state index contributed by atoms with van der Waals surface area (Å²) in [7, 11) is 0. The SMILES string of the molecule is CCNCc1ccccc1OCc1cncc(Br)c1. The van der Waals surface area contributed by atoms with Crippen LogP contribution >= 0.6 is 15.9 Å². The Kier molecular flexibility index (Phi) is 5.36. The predicted molar refractivity (Wildman–Crippen MR) is 80.1 cm³/mol. The van der Waals surface area contributed by atoms with Crippen LogP contribution in [-0.4, -0.2) is 11.5 Å². The molecule has 19 heavy (non-hydrogen) atoms. The number of nitrogens with one attached hydrogen (secondary N) is 1. The van der Waals surface area contributed by atoms with E-state index in [4.69, 9.17) is 4.74 Å². The third-order valence-electron chi connectivity index (χ3n) is 2.69. The van der Waals surface area contributed by atoms with E-state index in [2.05, 4.69) is 39.2 Å². The summed E-state index contributed by atoms with van der Waals surface area (Å²) < 4.78 is 6.84. The molecule has 0 aliphatic heterocycles. The summed E-state index contributed by atoms with van der Waals surface area (Å²) in [5.41, 5.74) is 2.22. The van der Waals surface area contributed by atoms with Crippen molar-refractivity contribution in [3.8, 4) is 5.75 Å². The van der Waals surface area contributed by atoms with E-state index in [1.807, 2.05) is 30.5 Å². The molecule has 2 rings (SSSR count). The number of halogens is 1. The molecule has 0 saturated heterocycles. The maximum atomic E-state index is 5.87. The van der Waals surface area contributed by atoms with Crippen LogP contribution in [0.1, 0.15) is 18.1 Å². The Morgan fingerprint density at radius 1 is 1.26 bits per heavy atom. The number of hydrogen-bond acceptors (Lipinski definition) is 3. The van der Waals surface area contributed by atoms with Crippen molar-refractivity contribution in [1.82, 2.24) is 10.3 Å². The minimum atomic E-state index is 0.523. The number of ether oxygens (including phenoxy) is 1. The first kappa shape index (κ1) is 14.0. The highest BCUT2D eigenvalue weighted by Gasteiger charge is 2.03. The van der Waals surface area contributed by atoms with E-state index >= 15 is 0 Å². The van der Waals surface area contributed by atoms with Crippen LogP contribution in [0, 0.1) is 0 Å². The van der Waals surface area contributed by atoms with Gasteiger partial charge in [0, 0.05) is 34.5 Å². The summed E-state index contributed by atoms with van der Waals surface area (Å²) in [5.74, 6) is 0.920. The van der Waals surface area contributed by atoms with Crippen LogP contribution in [0.25, 0.3) is 0 Å². The Hall–Kier alpha value is -1.39. The van der Waals surface area contributed by atoms with E-state index in [1.54, 1.807) is 6.20 Å². The van der Waals surface area contributed by atoms with Gasteiger partial charge in [-0.05, 0) is 34.6 Å². The van der Waals surface area contributed by atoms with Crippen LogP contribution in [0.3, 0.4) is 0 Å². The van der Waals surface area contributed by atoms with Gasteiger partial charge in [-0.15, -0.1) is 0 Å². The Morgan fingerprint density at radius 3 is 2.89 bits per heavy atom. The molecule has 1 aromatic carbocycles. The molecule has 0 aliphatic rings. The van der Waals surface area contributed by atoms with Gasteiger partial charge in [0.2, 0.25) is 0 Å². The van der Waals surface area contributed by atoms with E-state index in [-0.39, 0.29) is 0 Å². The number of nitrogens with zero attached hydrogens (tertiary/aromatic N) is 1. The minimum absolute atomic E-state index is 0.523. The molecule has 0 saturated carbocycles. The van der Waals surface area contributed by atoms with E-state index in [0.717, 1.165) is 28.9 Å². The van der Waals surface area contributed by atoms with Gasteiger partial charge in [0.25, 0.3) is 0 Å². The second kappa shape index (κ2) is 7.26.